The number of benzene rings is 2. The first kappa shape index (κ1) is 26.4. The second kappa shape index (κ2) is 13.1. The fourth-order valence-electron chi connectivity index (χ4n) is 4.32. The third kappa shape index (κ3) is 6.78. The number of thiophene rings is 1. The van der Waals surface area contributed by atoms with E-state index in [9.17, 15) is 9.59 Å². The van der Waals surface area contributed by atoms with Crippen molar-refractivity contribution < 1.29 is 19.1 Å². The number of hydrogen-bond acceptors (Lipinski definition) is 5. The van der Waals surface area contributed by atoms with Gasteiger partial charge in [-0.25, -0.2) is 0 Å². The van der Waals surface area contributed by atoms with Crippen molar-refractivity contribution in [1.29, 1.82) is 0 Å². The number of aromatic amines is 1. The van der Waals surface area contributed by atoms with Crippen LogP contribution in [0.5, 0.6) is 5.75 Å². The van der Waals surface area contributed by atoms with Crippen LogP contribution in [0.3, 0.4) is 0 Å². The molecule has 8 heteroatoms. The summed E-state index contributed by atoms with van der Waals surface area (Å²) in [5, 5.41) is 6.01. The highest BCUT2D eigenvalue weighted by atomic mass is 32.1. The fourth-order valence-corrected chi connectivity index (χ4v) is 5.02. The first-order chi connectivity index (χ1) is 18.1. The Bertz CT molecular complexity index is 1280. The molecule has 7 nitrogen and oxygen atoms in total. The van der Waals surface area contributed by atoms with Crippen LogP contribution in [0.15, 0.2) is 72.2 Å². The summed E-state index contributed by atoms with van der Waals surface area (Å²) in [7, 11) is 1.60. The summed E-state index contributed by atoms with van der Waals surface area (Å²) in [4.78, 5) is 33.5. The van der Waals surface area contributed by atoms with Crippen molar-refractivity contribution in [2.75, 3.05) is 26.9 Å². The molecule has 4 aromatic rings. The van der Waals surface area contributed by atoms with E-state index in [1.54, 1.807) is 23.3 Å². The quantitative estimate of drug-likeness (QED) is 0.241. The van der Waals surface area contributed by atoms with Crippen LogP contribution in [0.2, 0.25) is 0 Å². The van der Waals surface area contributed by atoms with Crippen molar-refractivity contribution >= 4 is 34.1 Å². The number of methoxy groups -OCH3 is 1. The zero-order valence-corrected chi connectivity index (χ0v) is 22.1. The summed E-state index contributed by atoms with van der Waals surface area (Å²) in [5.74, 6) is 0.350. The summed E-state index contributed by atoms with van der Waals surface area (Å²) in [6.07, 6.45) is 2.75. The summed E-state index contributed by atoms with van der Waals surface area (Å²) in [5.41, 5.74) is 2.61. The lowest BCUT2D eigenvalue weighted by Gasteiger charge is -2.31. The molecule has 194 valence electrons. The first-order valence-corrected chi connectivity index (χ1v) is 13.3. The number of fused-ring (bicyclic) bond motifs is 1. The lowest BCUT2D eigenvalue weighted by atomic mass is 10.0. The molecule has 2 amide bonds. The Balaban J connectivity index is 1.65. The van der Waals surface area contributed by atoms with Crippen LogP contribution in [0.1, 0.15) is 35.4 Å². The maximum absolute atomic E-state index is 13.9. The number of ether oxygens (including phenoxy) is 2. The van der Waals surface area contributed by atoms with Gasteiger partial charge in [-0.15, -0.1) is 11.3 Å². The third-order valence-electron chi connectivity index (χ3n) is 6.20. The molecular formula is C29H33N3O4S. The highest BCUT2D eigenvalue weighted by Crippen LogP contribution is 2.28. The molecule has 0 saturated heterocycles. The maximum atomic E-state index is 13.9. The van der Waals surface area contributed by atoms with Gasteiger partial charge < -0.3 is 24.7 Å². The molecule has 0 radical (unpaired) electrons. The van der Waals surface area contributed by atoms with Crippen LogP contribution in [-0.2, 0) is 27.3 Å². The minimum Gasteiger partial charge on any atom is -0.497 e. The van der Waals surface area contributed by atoms with E-state index in [1.807, 2.05) is 79.2 Å². The topological polar surface area (TPSA) is 83.7 Å². The average molecular weight is 520 g/mol. The van der Waals surface area contributed by atoms with E-state index < -0.39 is 6.04 Å². The van der Waals surface area contributed by atoms with E-state index in [0.717, 1.165) is 26.9 Å². The number of nitrogens with zero attached hydrogens (tertiary/aromatic N) is 1. The van der Waals surface area contributed by atoms with Gasteiger partial charge in [-0.05, 0) is 54.1 Å². The number of rotatable bonds is 13. The molecular weight excluding hydrogens is 486 g/mol. The number of amides is 2. The van der Waals surface area contributed by atoms with Crippen LogP contribution in [-0.4, -0.2) is 48.6 Å². The Morgan fingerprint density at radius 3 is 2.62 bits per heavy atom. The molecule has 0 saturated carbocycles. The Hall–Kier alpha value is -3.62. The van der Waals surface area contributed by atoms with Crippen LogP contribution < -0.4 is 10.1 Å². The van der Waals surface area contributed by atoms with E-state index in [4.69, 9.17) is 9.47 Å². The van der Waals surface area contributed by atoms with Crippen molar-refractivity contribution in [2.24, 2.45) is 0 Å². The third-order valence-corrected chi connectivity index (χ3v) is 7.06. The van der Waals surface area contributed by atoms with Gasteiger partial charge in [0.15, 0.2) is 0 Å². The van der Waals surface area contributed by atoms with Crippen molar-refractivity contribution in [3.63, 3.8) is 0 Å². The molecule has 2 aromatic heterocycles. The molecule has 2 N–H and O–H groups in total. The van der Waals surface area contributed by atoms with Gasteiger partial charge in [0, 0.05) is 41.7 Å². The Morgan fingerprint density at radius 1 is 1.08 bits per heavy atom. The summed E-state index contributed by atoms with van der Waals surface area (Å²) >= 11 is 1.57. The molecule has 0 fully saturated rings. The van der Waals surface area contributed by atoms with Crippen molar-refractivity contribution in [3.05, 3.63) is 88.2 Å². The van der Waals surface area contributed by atoms with Gasteiger partial charge in [-0.2, -0.15) is 0 Å². The number of H-pyrrole nitrogens is 1. The number of hydrogen-bond donors (Lipinski definition) is 2. The molecule has 0 aliphatic carbocycles. The summed E-state index contributed by atoms with van der Waals surface area (Å²) in [6, 6.07) is 18.4. The van der Waals surface area contributed by atoms with Crippen LogP contribution in [0.25, 0.3) is 10.9 Å². The molecule has 4 rings (SSSR count). The van der Waals surface area contributed by atoms with Gasteiger partial charge >= 0.3 is 0 Å². The Morgan fingerprint density at radius 2 is 1.89 bits per heavy atom. The van der Waals surface area contributed by atoms with E-state index in [1.165, 1.54) is 0 Å². The summed E-state index contributed by atoms with van der Waals surface area (Å²) < 4.78 is 10.7. The molecule has 0 aliphatic rings. The number of carbonyl (C=O) groups is 2. The van der Waals surface area contributed by atoms with E-state index in [0.29, 0.717) is 38.5 Å². The van der Waals surface area contributed by atoms with Crippen LogP contribution in [0, 0.1) is 0 Å². The minimum absolute atomic E-state index is 0.122. The minimum atomic E-state index is -0.794. The molecule has 37 heavy (non-hydrogen) atoms. The van der Waals surface area contributed by atoms with Gasteiger partial charge in [-0.3, -0.25) is 9.59 Å². The lowest BCUT2D eigenvalue weighted by Crippen LogP contribution is -2.44. The van der Waals surface area contributed by atoms with E-state index >= 15 is 0 Å². The average Bonchev–Trinajstić information content (AvgIpc) is 3.59. The van der Waals surface area contributed by atoms with E-state index in [2.05, 4.69) is 10.3 Å². The highest BCUT2D eigenvalue weighted by Gasteiger charge is 2.32. The van der Waals surface area contributed by atoms with Crippen molar-refractivity contribution in [3.8, 4) is 5.75 Å². The van der Waals surface area contributed by atoms with Crippen molar-refractivity contribution in [2.45, 2.75) is 32.4 Å². The lowest BCUT2D eigenvalue weighted by molar-refractivity contribution is -0.141. The molecule has 1 unspecified atom stereocenters. The second-order valence-electron chi connectivity index (χ2n) is 8.65. The smallest absolute Gasteiger partial charge is 0.247 e. The molecule has 2 heterocycles. The Kier molecular flexibility index (Phi) is 9.35. The predicted octanol–water partition coefficient (Wildman–Crippen LogP) is 5.09. The van der Waals surface area contributed by atoms with Crippen molar-refractivity contribution in [1.82, 2.24) is 15.2 Å². The zero-order chi connectivity index (χ0) is 26.0. The highest BCUT2D eigenvalue weighted by molar-refractivity contribution is 7.09. The fraction of sp³-hybridized carbons (Fsp3) is 0.310. The first-order valence-electron chi connectivity index (χ1n) is 12.5. The Labute approximate surface area is 221 Å². The summed E-state index contributed by atoms with van der Waals surface area (Å²) in [6.45, 7) is 3.96. The molecule has 0 aliphatic heterocycles. The predicted molar refractivity (Wildman–Crippen MR) is 147 cm³/mol. The number of nitrogens with one attached hydrogen (secondary N) is 2. The monoisotopic (exact) mass is 519 g/mol. The standard InChI is InChI=1S/C29H33N3O4S/c1-3-36-16-7-15-30-29(34)28(21-11-13-23(35-2)14-12-21)32(20-24-8-6-17-37-24)27(33)18-22-19-31-26-10-5-4-9-25(22)26/h4-6,8-14,17,19,28,31H,3,7,15-16,18,20H2,1-2H3,(H,30,34). The molecule has 0 spiro atoms. The largest absolute Gasteiger partial charge is 0.497 e. The van der Waals surface area contributed by atoms with Gasteiger partial charge in [0.1, 0.15) is 11.8 Å². The number of carbonyl (C=O) groups excluding carboxylic acids is 2. The molecule has 1 atom stereocenters. The molecule has 2 aromatic carbocycles. The van der Waals surface area contributed by atoms with Crippen LogP contribution in [0.4, 0.5) is 0 Å². The number of para-hydroxylation sites is 1. The SMILES string of the molecule is CCOCCCNC(=O)C(c1ccc(OC)cc1)N(Cc1cccs1)C(=O)Cc1c[nH]c2ccccc12. The number of aromatic nitrogens is 1. The van der Waals surface area contributed by atoms with Gasteiger partial charge in [0.2, 0.25) is 11.8 Å². The normalized spacial score (nSPS) is 11.8. The molecule has 0 bridgehead atoms. The van der Waals surface area contributed by atoms with Gasteiger partial charge in [0.25, 0.3) is 0 Å². The van der Waals surface area contributed by atoms with Gasteiger partial charge in [0.05, 0.1) is 20.1 Å². The second-order valence-corrected chi connectivity index (χ2v) is 9.69. The maximum Gasteiger partial charge on any atom is 0.247 e. The van der Waals surface area contributed by atoms with Crippen LogP contribution >= 0.6 is 11.3 Å². The zero-order valence-electron chi connectivity index (χ0n) is 21.2. The van der Waals surface area contributed by atoms with Gasteiger partial charge in [-0.1, -0.05) is 36.4 Å². The van der Waals surface area contributed by atoms with E-state index in [-0.39, 0.29) is 18.2 Å².